The van der Waals surface area contributed by atoms with Crippen molar-refractivity contribution < 1.29 is 18.3 Å². The first-order valence-corrected chi connectivity index (χ1v) is 6.58. The lowest BCUT2D eigenvalue weighted by molar-refractivity contribution is -0.123. The Labute approximate surface area is 130 Å². The predicted molar refractivity (Wildman–Crippen MR) is 79.0 cm³/mol. The lowest BCUT2D eigenvalue weighted by atomic mass is 10.2. The van der Waals surface area contributed by atoms with Crippen LogP contribution in [0.4, 0.5) is 8.78 Å². The van der Waals surface area contributed by atoms with Gasteiger partial charge in [-0.05, 0) is 36.4 Å². The van der Waals surface area contributed by atoms with Gasteiger partial charge in [-0.3, -0.25) is 4.79 Å². The van der Waals surface area contributed by atoms with Crippen LogP contribution in [0.1, 0.15) is 5.56 Å². The molecular formula is C15H11ClF2N2O2. The predicted octanol–water partition coefficient (Wildman–Crippen LogP) is 3.15. The van der Waals surface area contributed by atoms with Crippen LogP contribution in [0.5, 0.6) is 5.75 Å². The van der Waals surface area contributed by atoms with Crippen LogP contribution in [0.15, 0.2) is 47.6 Å². The molecule has 114 valence electrons. The second kappa shape index (κ2) is 7.51. The number of halogens is 3. The number of hydrazone groups is 1. The number of benzene rings is 2. The number of carbonyl (C=O) groups excluding carboxylic acids is 1. The maximum atomic E-state index is 13.3. The van der Waals surface area contributed by atoms with Crippen LogP contribution in [-0.4, -0.2) is 18.7 Å². The Balaban J connectivity index is 1.82. The lowest BCUT2D eigenvalue weighted by Gasteiger charge is -2.04. The summed E-state index contributed by atoms with van der Waals surface area (Å²) in [4.78, 5) is 11.5. The van der Waals surface area contributed by atoms with E-state index in [1.54, 1.807) is 24.3 Å². The summed E-state index contributed by atoms with van der Waals surface area (Å²) in [6.45, 7) is -0.259. The van der Waals surface area contributed by atoms with Gasteiger partial charge in [0.15, 0.2) is 6.61 Å². The van der Waals surface area contributed by atoms with Gasteiger partial charge in [0.1, 0.15) is 17.4 Å². The number of hydrogen-bond donors (Lipinski definition) is 1. The van der Waals surface area contributed by atoms with Gasteiger partial charge < -0.3 is 4.74 Å². The second-order valence-corrected chi connectivity index (χ2v) is 4.64. The Hall–Kier alpha value is -2.47. The topological polar surface area (TPSA) is 50.7 Å². The van der Waals surface area contributed by atoms with Crippen LogP contribution in [0.25, 0.3) is 0 Å². The molecule has 0 radical (unpaired) electrons. The summed E-state index contributed by atoms with van der Waals surface area (Å²) in [7, 11) is 0. The van der Waals surface area contributed by atoms with Crippen LogP contribution in [0.2, 0.25) is 5.02 Å². The standard InChI is InChI=1S/C15H11ClF2N2O2/c16-11-2-5-13(6-3-11)22-9-15(21)20-19-8-10-1-4-12(17)7-14(10)18/h1-8H,9H2,(H,20,21)/b19-8+. The minimum Gasteiger partial charge on any atom is -0.484 e. The number of hydrogen-bond acceptors (Lipinski definition) is 3. The molecule has 2 aromatic carbocycles. The fraction of sp³-hybridized carbons (Fsp3) is 0.0667. The van der Waals surface area contributed by atoms with Gasteiger partial charge in [-0.25, -0.2) is 14.2 Å². The van der Waals surface area contributed by atoms with Crippen molar-refractivity contribution in [3.63, 3.8) is 0 Å². The first-order valence-electron chi connectivity index (χ1n) is 6.20. The average Bonchev–Trinajstić information content (AvgIpc) is 2.49. The molecule has 0 aliphatic heterocycles. The minimum absolute atomic E-state index is 0.0559. The van der Waals surface area contributed by atoms with Gasteiger partial charge in [-0.1, -0.05) is 11.6 Å². The minimum atomic E-state index is -0.768. The Morgan fingerprint density at radius 2 is 1.95 bits per heavy atom. The monoisotopic (exact) mass is 324 g/mol. The molecule has 0 aromatic heterocycles. The number of nitrogens with zero attached hydrogens (tertiary/aromatic N) is 1. The van der Waals surface area contributed by atoms with E-state index < -0.39 is 17.5 Å². The largest absolute Gasteiger partial charge is 0.484 e. The molecule has 1 amide bonds. The molecule has 0 saturated heterocycles. The number of amides is 1. The van der Waals surface area contributed by atoms with Crippen LogP contribution < -0.4 is 10.2 Å². The van der Waals surface area contributed by atoms with E-state index in [4.69, 9.17) is 16.3 Å². The van der Waals surface area contributed by atoms with Gasteiger partial charge >= 0.3 is 0 Å². The molecule has 0 atom stereocenters. The van der Waals surface area contributed by atoms with Crippen LogP contribution in [0, 0.1) is 11.6 Å². The van der Waals surface area contributed by atoms with Crippen molar-refractivity contribution in [1.29, 1.82) is 0 Å². The molecule has 0 aliphatic rings. The summed E-state index contributed by atoms with van der Waals surface area (Å²) in [6, 6.07) is 9.53. The van der Waals surface area contributed by atoms with Crippen LogP contribution in [-0.2, 0) is 4.79 Å². The fourth-order valence-electron chi connectivity index (χ4n) is 1.49. The molecule has 1 N–H and O–H groups in total. The van der Waals surface area contributed by atoms with Gasteiger partial charge in [0, 0.05) is 16.7 Å². The zero-order valence-electron chi connectivity index (χ0n) is 11.2. The van der Waals surface area contributed by atoms with Crippen molar-refractivity contribution in [1.82, 2.24) is 5.43 Å². The lowest BCUT2D eigenvalue weighted by Crippen LogP contribution is -2.24. The normalized spacial score (nSPS) is 10.7. The number of rotatable bonds is 5. The summed E-state index contributed by atoms with van der Waals surface area (Å²) in [5.41, 5.74) is 2.23. The molecule has 0 aliphatic carbocycles. The number of carbonyl (C=O) groups is 1. The molecule has 0 spiro atoms. The zero-order chi connectivity index (χ0) is 15.9. The Kier molecular flexibility index (Phi) is 5.43. The molecule has 2 aromatic rings. The fourth-order valence-corrected chi connectivity index (χ4v) is 1.62. The molecule has 22 heavy (non-hydrogen) atoms. The van der Waals surface area contributed by atoms with E-state index >= 15 is 0 Å². The average molecular weight is 325 g/mol. The first kappa shape index (κ1) is 15.9. The van der Waals surface area contributed by atoms with E-state index in [0.29, 0.717) is 10.8 Å². The quantitative estimate of drug-likeness (QED) is 0.678. The summed E-state index contributed by atoms with van der Waals surface area (Å²) >= 11 is 5.72. The highest BCUT2D eigenvalue weighted by molar-refractivity contribution is 6.30. The summed E-state index contributed by atoms with van der Waals surface area (Å²) in [5.74, 6) is -1.49. The third kappa shape index (κ3) is 4.82. The number of ether oxygens (including phenoxy) is 1. The van der Waals surface area contributed by atoms with Crippen molar-refractivity contribution in [2.24, 2.45) is 5.10 Å². The van der Waals surface area contributed by atoms with Crippen molar-refractivity contribution in [2.75, 3.05) is 6.61 Å². The summed E-state index contributed by atoms with van der Waals surface area (Å²) < 4.78 is 31.2. The SMILES string of the molecule is O=C(COc1ccc(Cl)cc1)N/N=C/c1ccc(F)cc1F. The number of nitrogens with one attached hydrogen (secondary N) is 1. The maximum absolute atomic E-state index is 13.3. The zero-order valence-corrected chi connectivity index (χ0v) is 12.0. The highest BCUT2D eigenvalue weighted by Crippen LogP contribution is 2.15. The third-order valence-corrected chi connectivity index (χ3v) is 2.79. The summed E-state index contributed by atoms with van der Waals surface area (Å²) in [5, 5.41) is 4.13. The molecule has 2 rings (SSSR count). The summed E-state index contributed by atoms with van der Waals surface area (Å²) in [6.07, 6.45) is 1.08. The van der Waals surface area contributed by atoms with Crippen molar-refractivity contribution in [2.45, 2.75) is 0 Å². The first-order chi connectivity index (χ1) is 10.5. The molecule has 0 fully saturated rings. The molecule has 0 bridgehead atoms. The maximum Gasteiger partial charge on any atom is 0.277 e. The van der Waals surface area contributed by atoms with E-state index in [1.807, 2.05) is 0 Å². The molecule has 0 unspecified atom stereocenters. The second-order valence-electron chi connectivity index (χ2n) is 4.20. The van der Waals surface area contributed by atoms with Crippen LogP contribution >= 0.6 is 11.6 Å². The van der Waals surface area contributed by atoms with E-state index in [-0.39, 0.29) is 12.2 Å². The molecule has 0 heterocycles. The Morgan fingerprint density at radius 3 is 2.64 bits per heavy atom. The molecular weight excluding hydrogens is 314 g/mol. The van der Waals surface area contributed by atoms with Crippen LogP contribution in [0.3, 0.4) is 0 Å². The van der Waals surface area contributed by atoms with Gasteiger partial charge in [-0.2, -0.15) is 5.10 Å². The van der Waals surface area contributed by atoms with Crippen molar-refractivity contribution >= 4 is 23.7 Å². The van der Waals surface area contributed by atoms with Gasteiger partial charge in [-0.15, -0.1) is 0 Å². The smallest absolute Gasteiger partial charge is 0.277 e. The van der Waals surface area contributed by atoms with E-state index in [1.165, 1.54) is 6.07 Å². The Bertz CT molecular complexity index is 690. The van der Waals surface area contributed by atoms with Gasteiger partial charge in [0.05, 0.1) is 6.21 Å². The molecule has 0 saturated carbocycles. The highest BCUT2D eigenvalue weighted by atomic mass is 35.5. The third-order valence-electron chi connectivity index (χ3n) is 2.54. The van der Waals surface area contributed by atoms with Crippen molar-refractivity contribution in [3.05, 3.63) is 64.7 Å². The highest BCUT2D eigenvalue weighted by Gasteiger charge is 2.03. The van der Waals surface area contributed by atoms with E-state index in [9.17, 15) is 13.6 Å². The van der Waals surface area contributed by atoms with E-state index in [2.05, 4.69) is 10.5 Å². The van der Waals surface area contributed by atoms with E-state index in [0.717, 1.165) is 18.3 Å². The molecule has 4 nitrogen and oxygen atoms in total. The van der Waals surface area contributed by atoms with Gasteiger partial charge in [0.2, 0.25) is 0 Å². The molecule has 7 heteroatoms. The van der Waals surface area contributed by atoms with Crippen molar-refractivity contribution in [3.8, 4) is 5.75 Å². The Morgan fingerprint density at radius 1 is 1.23 bits per heavy atom. The van der Waals surface area contributed by atoms with Gasteiger partial charge in [0.25, 0.3) is 5.91 Å².